The van der Waals surface area contributed by atoms with Gasteiger partial charge in [0.25, 0.3) is 12.1 Å². The van der Waals surface area contributed by atoms with Crippen LogP contribution in [0.25, 0.3) is 0 Å². The molecule has 0 saturated carbocycles. The minimum atomic E-state index is -2.70. The smallest absolute Gasteiger partial charge is 0.294 e. The van der Waals surface area contributed by atoms with Crippen molar-refractivity contribution in [1.82, 2.24) is 0 Å². The van der Waals surface area contributed by atoms with Gasteiger partial charge in [-0.2, -0.15) is 0 Å². The maximum Gasteiger partial charge on any atom is 0.294 e. The van der Waals surface area contributed by atoms with Crippen molar-refractivity contribution >= 4 is 23.0 Å². The Hall–Kier alpha value is -1.50. The van der Waals surface area contributed by atoms with Gasteiger partial charge in [-0.1, -0.05) is 11.6 Å². The maximum atomic E-state index is 13.0. The van der Waals surface area contributed by atoms with Gasteiger partial charge in [0.05, 0.1) is 16.5 Å². The van der Waals surface area contributed by atoms with Crippen molar-refractivity contribution in [1.29, 1.82) is 0 Å². The van der Waals surface area contributed by atoms with Crippen LogP contribution >= 0.6 is 11.6 Å². The van der Waals surface area contributed by atoms with Crippen molar-refractivity contribution in [3.8, 4) is 0 Å². The molecular weight excluding hydrogens is 249 g/mol. The van der Waals surface area contributed by atoms with Crippen LogP contribution in [0.2, 0.25) is 5.02 Å². The summed E-state index contributed by atoms with van der Waals surface area (Å²) in [4.78, 5) is 9.69. The average molecular weight is 255 g/mol. The zero-order valence-electron chi connectivity index (χ0n) is 7.71. The summed E-state index contributed by atoms with van der Waals surface area (Å²) in [6.07, 6.45) is -2.70. The van der Waals surface area contributed by atoms with Crippen LogP contribution in [-0.2, 0) is 0 Å². The zero-order valence-corrected chi connectivity index (χ0v) is 8.47. The van der Waals surface area contributed by atoms with Gasteiger partial charge >= 0.3 is 0 Å². The van der Waals surface area contributed by atoms with E-state index in [-0.39, 0.29) is 5.69 Å². The number of nitrogens with zero attached hydrogens (tertiary/aromatic N) is 1. The molecule has 0 aliphatic heterocycles. The molecule has 1 aromatic rings. The summed E-state index contributed by atoms with van der Waals surface area (Å²) in [6, 6.07) is 1.48. The number of rotatable bonds is 4. The van der Waals surface area contributed by atoms with Crippen molar-refractivity contribution in [2.75, 3.05) is 11.9 Å². The lowest BCUT2D eigenvalue weighted by Gasteiger charge is -2.07. The first-order valence-corrected chi connectivity index (χ1v) is 4.45. The molecular formula is C8H6ClF3N2O2. The molecule has 0 unspecified atom stereocenters. The summed E-state index contributed by atoms with van der Waals surface area (Å²) in [5.74, 6) is -0.913. The quantitative estimate of drug-likeness (QED) is 0.664. The van der Waals surface area contributed by atoms with Crippen LogP contribution in [0.15, 0.2) is 12.1 Å². The highest BCUT2D eigenvalue weighted by molar-refractivity contribution is 6.31. The molecule has 0 atom stereocenters. The third kappa shape index (κ3) is 2.99. The Morgan fingerprint density at radius 1 is 1.50 bits per heavy atom. The predicted octanol–water partition coefficient (Wildman–Crippen LogP) is 3.06. The van der Waals surface area contributed by atoms with E-state index in [1.54, 1.807) is 0 Å². The first kappa shape index (κ1) is 12.6. The summed E-state index contributed by atoms with van der Waals surface area (Å²) in [6.45, 7) is -0.804. The summed E-state index contributed by atoms with van der Waals surface area (Å²) < 4.78 is 36.7. The maximum absolute atomic E-state index is 13.0. The highest BCUT2D eigenvalue weighted by atomic mass is 35.5. The molecule has 0 aliphatic carbocycles. The van der Waals surface area contributed by atoms with Gasteiger partial charge in [-0.15, -0.1) is 0 Å². The molecule has 0 heterocycles. The highest BCUT2D eigenvalue weighted by Crippen LogP contribution is 2.30. The minimum absolute atomic E-state index is 0.327. The Labute approximate surface area is 93.2 Å². The number of anilines is 1. The molecule has 0 aliphatic rings. The summed E-state index contributed by atoms with van der Waals surface area (Å²) in [7, 11) is 0. The molecule has 0 fully saturated rings. The standard InChI is InChI=1S/C8H6ClF3N2O2/c9-4-1-7(14(15)16)6(2-5(4)10)13-3-8(11)12/h1-2,8,13H,3H2. The molecule has 0 saturated heterocycles. The predicted molar refractivity (Wildman–Crippen MR) is 52.6 cm³/mol. The molecule has 8 heteroatoms. The lowest BCUT2D eigenvalue weighted by molar-refractivity contribution is -0.384. The van der Waals surface area contributed by atoms with E-state index in [1.165, 1.54) is 0 Å². The van der Waals surface area contributed by atoms with Gasteiger partial charge < -0.3 is 5.32 Å². The van der Waals surface area contributed by atoms with Crippen molar-refractivity contribution in [3.63, 3.8) is 0 Å². The topological polar surface area (TPSA) is 55.2 Å². The fourth-order valence-electron chi connectivity index (χ4n) is 1.02. The molecule has 0 amide bonds. The Balaban J connectivity index is 3.05. The number of hydrogen-bond acceptors (Lipinski definition) is 3. The fraction of sp³-hybridized carbons (Fsp3) is 0.250. The second kappa shape index (κ2) is 5.02. The van der Waals surface area contributed by atoms with Gasteiger partial charge in [0.2, 0.25) is 0 Å². The average Bonchev–Trinajstić information content (AvgIpc) is 2.18. The molecule has 0 radical (unpaired) electrons. The van der Waals surface area contributed by atoms with Gasteiger partial charge in [0.1, 0.15) is 11.5 Å². The van der Waals surface area contributed by atoms with Crippen molar-refractivity contribution < 1.29 is 18.1 Å². The minimum Gasteiger partial charge on any atom is -0.374 e. The molecule has 4 nitrogen and oxygen atoms in total. The highest BCUT2D eigenvalue weighted by Gasteiger charge is 2.18. The number of nitro groups is 1. The van der Waals surface area contributed by atoms with E-state index in [4.69, 9.17) is 11.6 Å². The third-order valence-electron chi connectivity index (χ3n) is 1.68. The van der Waals surface area contributed by atoms with Crippen LogP contribution < -0.4 is 5.32 Å². The number of nitro benzene ring substituents is 1. The van der Waals surface area contributed by atoms with Crippen LogP contribution in [0.1, 0.15) is 0 Å². The van der Waals surface area contributed by atoms with E-state index in [0.29, 0.717) is 6.07 Å². The number of nitrogens with one attached hydrogen (secondary N) is 1. The third-order valence-corrected chi connectivity index (χ3v) is 1.97. The van der Waals surface area contributed by atoms with Gasteiger partial charge in [0.15, 0.2) is 0 Å². The van der Waals surface area contributed by atoms with E-state index in [2.05, 4.69) is 5.32 Å². The molecule has 88 valence electrons. The van der Waals surface area contributed by atoms with Crippen LogP contribution in [0, 0.1) is 15.9 Å². The van der Waals surface area contributed by atoms with Crippen LogP contribution in [0.3, 0.4) is 0 Å². The van der Waals surface area contributed by atoms with Crippen molar-refractivity contribution in [2.45, 2.75) is 6.43 Å². The molecule has 1 rings (SSSR count). The Morgan fingerprint density at radius 3 is 2.62 bits per heavy atom. The summed E-state index contributed by atoms with van der Waals surface area (Å²) >= 11 is 5.34. The number of alkyl halides is 2. The summed E-state index contributed by atoms with van der Waals surface area (Å²) in [5.41, 5.74) is -0.876. The number of hydrogen-bond donors (Lipinski definition) is 1. The van der Waals surface area contributed by atoms with E-state index in [1.807, 2.05) is 0 Å². The van der Waals surface area contributed by atoms with Crippen molar-refractivity contribution in [2.24, 2.45) is 0 Å². The second-order valence-electron chi connectivity index (χ2n) is 2.81. The van der Waals surface area contributed by atoms with Crippen molar-refractivity contribution in [3.05, 3.63) is 33.1 Å². The largest absolute Gasteiger partial charge is 0.374 e. The Morgan fingerprint density at radius 2 is 2.12 bits per heavy atom. The van der Waals surface area contributed by atoms with Gasteiger partial charge in [-0.3, -0.25) is 10.1 Å². The molecule has 1 N–H and O–H groups in total. The summed E-state index contributed by atoms with van der Waals surface area (Å²) in [5, 5.41) is 12.2. The van der Waals surface area contributed by atoms with Crippen LogP contribution in [0.4, 0.5) is 24.5 Å². The van der Waals surface area contributed by atoms with Gasteiger partial charge in [-0.05, 0) is 0 Å². The first-order valence-electron chi connectivity index (χ1n) is 4.07. The van der Waals surface area contributed by atoms with Gasteiger partial charge in [0, 0.05) is 12.1 Å². The molecule has 0 bridgehead atoms. The Kier molecular flexibility index (Phi) is 3.94. The monoisotopic (exact) mass is 254 g/mol. The Bertz CT molecular complexity index is 415. The molecule has 16 heavy (non-hydrogen) atoms. The molecule has 0 spiro atoms. The van der Waals surface area contributed by atoms with E-state index < -0.39 is 34.4 Å². The SMILES string of the molecule is O=[N+]([O-])c1cc(Cl)c(F)cc1NCC(F)F. The first-order chi connectivity index (χ1) is 7.41. The number of halogens is 4. The van der Waals surface area contributed by atoms with Crippen LogP contribution in [0.5, 0.6) is 0 Å². The second-order valence-corrected chi connectivity index (χ2v) is 3.22. The normalized spacial score (nSPS) is 10.6. The van der Waals surface area contributed by atoms with E-state index in [0.717, 1.165) is 6.07 Å². The molecule has 0 aromatic heterocycles. The zero-order chi connectivity index (χ0) is 12.3. The lowest BCUT2D eigenvalue weighted by Crippen LogP contribution is -2.11. The van der Waals surface area contributed by atoms with E-state index >= 15 is 0 Å². The van der Waals surface area contributed by atoms with Crippen LogP contribution in [-0.4, -0.2) is 17.9 Å². The van der Waals surface area contributed by atoms with Gasteiger partial charge in [-0.25, -0.2) is 13.2 Å². The van der Waals surface area contributed by atoms with E-state index in [9.17, 15) is 23.3 Å². The lowest BCUT2D eigenvalue weighted by atomic mass is 10.2. The molecule has 1 aromatic carbocycles. The fourth-order valence-corrected chi connectivity index (χ4v) is 1.17. The number of benzene rings is 1.